The number of nitrogens with one attached hydrogen (secondary N) is 3. The highest BCUT2D eigenvalue weighted by molar-refractivity contribution is 7.91. The predicted molar refractivity (Wildman–Crippen MR) is 189 cm³/mol. The van der Waals surface area contributed by atoms with E-state index in [2.05, 4.69) is 21.9 Å². The Morgan fingerprint density at radius 1 is 1.04 bits per heavy atom. The number of fused-ring (bicyclic) bond motifs is 1. The molecule has 264 valence electrons. The van der Waals surface area contributed by atoms with E-state index in [1.54, 1.807) is 30.3 Å². The molecule has 0 aromatic heterocycles. The molecule has 10 nitrogen and oxygen atoms in total. The summed E-state index contributed by atoms with van der Waals surface area (Å²) in [4.78, 5) is 43.9. The second kappa shape index (κ2) is 13.4. The van der Waals surface area contributed by atoms with E-state index in [9.17, 15) is 27.2 Å². The number of anilines is 1. The van der Waals surface area contributed by atoms with Crippen LogP contribution in [-0.2, 0) is 37.4 Å². The maximum atomic E-state index is 14.6. The summed E-state index contributed by atoms with van der Waals surface area (Å²) in [6.07, 6.45) is 2.75. The summed E-state index contributed by atoms with van der Waals surface area (Å²) in [6, 6.07) is 16.1. The van der Waals surface area contributed by atoms with E-state index in [-0.39, 0.29) is 25.3 Å². The molecule has 13 heteroatoms. The summed E-state index contributed by atoms with van der Waals surface area (Å²) in [5.74, 6) is -1.67. The highest BCUT2D eigenvalue weighted by Gasteiger charge is 2.61. The maximum Gasteiger partial charge on any atom is 0.259 e. The molecule has 2 saturated carbocycles. The van der Waals surface area contributed by atoms with Gasteiger partial charge in [0.05, 0.1) is 5.25 Å². The van der Waals surface area contributed by atoms with Crippen LogP contribution in [0.3, 0.4) is 0 Å². The normalized spacial score (nSPS) is 22.1. The van der Waals surface area contributed by atoms with Crippen LogP contribution in [0.5, 0.6) is 11.5 Å². The molecule has 3 amide bonds. The van der Waals surface area contributed by atoms with Crippen LogP contribution >= 0.6 is 11.6 Å². The van der Waals surface area contributed by atoms with E-state index in [0.29, 0.717) is 35.1 Å². The number of carbonyl (C=O) groups excluding carboxylic acids is 3. The molecule has 0 unspecified atom stereocenters. The van der Waals surface area contributed by atoms with Crippen molar-refractivity contribution in [2.24, 2.45) is 11.3 Å². The predicted octanol–water partition coefficient (Wildman–Crippen LogP) is 5.72. The standard InChI is InChI=1S/C37H40ClFN4O6S/c1-5-24-20-37(24,35(46)42-50(47,48)30-15-16-30)41-33(44)31-18-22-9-14-29(49-28-8-6-7-25(38)19-28)17-23(22)21-43(31)34(45)32(36(2,3)4)40-27-12-10-26(39)11-13-27/h5-14,17,19,24,30-32,40H,1,15-16,18,20-21H2,2-4H3,(H,41,44)(H,42,46)/t24-,31+,32-,37-/m1/s1. The number of rotatable bonds is 11. The van der Waals surface area contributed by atoms with E-state index in [4.69, 9.17) is 16.3 Å². The van der Waals surface area contributed by atoms with Crippen LogP contribution in [0.2, 0.25) is 5.02 Å². The molecule has 3 aromatic carbocycles. The molecule has 3 aliphatic rings. The highest BCUT2D eigenvalue weighted by Crippen LogP contribution is 2.45. The first-order valence-electron chi connectivity index (χ1n) is 16.5. The first-order valence-corrected chi connectivity index (χ1v) is 18.4. The third kappa shape index (κ3) is 7.51. The van der Waals surface area contributed by atoms with Gasteiger partial charge in [-0.2, -0.15) is 0 Å². The molecule has 2 fully saturated rings. The summed E-state index contributed by atoms with van der Waals surface area (Å²) in [5.41, 5.74) is -0.0885. The van der Waals surface area contributed by atoms with Gasteiger partial charge in [0.1, 0.15) is 34.9 Å². The van der Waals surface area contributed by atoms with Gasteiger partial charge in [0, 0.05) is 29.6 Å². The van der Waals surface area contributed by atoms with E-state index in [1.807, 2.05) is 32.9 Å². The molecular formula is C37H40ClFN4O6S. The highest BCUT2D eigenvalue weighted by atomic mass is 35.5. The largest absolute Gasteiger partial charge is 0.457 e. The number of ether oxygens (including phenoxy) is 1. The van der Waals surface area contributed by atoms with Crippen LogP contribution in [0.1, 0.15) is 51.2 Å². The second-order valence-electron chi connectivity index (χ2n) is 14.3. The zero-order valence-electron chi connectivity index (χ0n) is 28.0. The van der Waals surface area contributed by atoms with Crippen LogP contribution in [0, 0.1) is 17.2 Å². The lowest BCUT2D eigenvalue weighted by atomic mass is 9.84. The smallest absolute Gasteiger partial charge is 0.259 e. The lowest BCUT2D eigenvalue weighted by Gasteiger charge is -2.41. The van der Waals surface area contributed by atoms with Crippen LogP contribution in [0.25, 0.3) is 0 Å². The first-order chi connectivity index (χ1) is 23.6. The maximum absolute atomic E-state index is 14.6. The fraction of sp³-hybridized carbons (Fsp3) is 0.378. The van der Waals surface area contributed by atoms with Crippen molar-refractivity contribution in [3.05, 3.63) is 101 Å². The molecule has 50 heavy (non-hydrogen) atoms. The Balaban J connectivity index is 1.32. The number of benzene rings is 3. The molecule has 0 saturated heterocycles. The number of carbonyl (C=O) groups is 3. The molecule has 3 N–H and O–H groups in total. The van der Waals surface area contributed by atoms with Gasteiger partial charge in [0.15, 0.2) is 0 Å². The summed E-state index contributed by atoms with van der Waals surface area (Å²) in [5, 5.41) is 5.97. The van der Waals surface area contributed by atoms with E-state index < -0.39 is 61.9 Å². The van der Waals surface area contributed by atoms with Crippen molar-refractivity contribution in [2.75, 3.05) is 5.32 Å². The van der Waals surface area contributed by atoms with E-state index in [1.165, 1.54) is 35.2 Å². The minimum absolute atomic E-state index is 0.0385. The summed E-state index contributed by atoms with van der Waals surface area (Å²) < 4.78 is 47.3. The van der Waals surface area contributed by atoms with Gasteiger partial charge in [-0.25, -0.2) is 12.8 Å². The molecule has 1 aliphatic heterocycles. The lowest BCUT2D eigenvalue weighted by molar-refractivity contribution is -0.145. The van der Waals surface area contributed by atoms with E-state index in [0.717, 1.165) is 11.1 Å². The van der Waals surface area contributed by atoms with Gasteiger partial charge < -0.3 is 20.3 Å². The van der Waals surface area contributed by atoms with Crippen molar-refractivity contribution in [1.82, 2.24) is 14.9 Å². The lowest BCUT2D eigenvalue weighted by Crippen LogP contribution is -2.61. The zero-order chi connectivity index (χ0) is 36.0. The number of halogens is 2. The van der Waals surface area contributed by atoms with Gasteiger partial charge in [-0.1, -0.05) is 50.6 Å². The van der Waals surface area contributed by atoms with E-state index >= 15 is 0 Å². The topological polar surface area (TPSA) is 134 Å². The third-order valence-corrected chi connectivity index (χ3v) is 11.5. The second-order valence-corrected chi connectivity index (χ2v) is 16.7. The number of amides is 3. The van der Waals surface area contributed by atoms with Crippen molar-refractivity contribution in [3.63, 3.8) is 0 Å². The summed E-state index contributed by atoms with van der Waals surface area (Å²) in [7, 11) is -3.88. The molecule has 3 aromatic rings. The monoisotopic (exact) mass is 722 g/mol. The molecule has 1 heterocycles. The Hall–Kier alpha value is -4.42. The Morgan fingerprint density at radius 2 is 1.74 bits per heavy atom. The van der Waals surface area contributed by atoms with Gasteiger partial charge in [0.2, 0.25) is 21.8 Å². The summed E-state index contributed by atoms with van der Waals surface area (Å²) in [6.45, 7) is 9.47. The van der Waals surface area contributed by atoms with Crippen molar-refractivity contribution in [1.29, 1.82) is 0 Å². The minimum atomic E-state index is -3.88. The first kappa shape index (κ1) is 35.4. The number of sulfonamides is 1. The average Bonchev–Trinajstić information content (AvgIpc) is 3.99. The zero-order valence-corrected chi connectivity index (χ0v) is 29.6. The number of hydrogen-bond donors (Lipinski definition) is 3. The third-order valence-electron chi connectivity index (χ3n) is 9.44. The Kier molecular flexibility index (Phi) is 9.47. The molecule has 0 bridgehead atoms. The fourth-order valence-corrected chi connectivity index (χ4v) is 7.85. The Morgan fingerprint density at radius 3 is 2.36 bits per heavy atom. The fourth-order valence-electron chi connectivity index (χ4n) is 6.30. The molecule has 0 radical (unpaired) electrons. The minimum Gasteiger partial charge on any atom is -0.457 e. The van der Waals surface area contributed by atoms with Gasteiger partial charge >= 0.3 is 0 Å². The van der Waals surface area contributed by atoms with Crippen molar-refractivity contribution >= 4 is 45.0 Å². The van der Waals surface area contributed by atoms with Crippen molar-refractivity contribution < 1.29 is 31.9 Å². The van der Waals surface area contributed by atoms with Crippen molar-refractivity contribution in [3.8, 4) is 11.5 Å². The number of nitrogens with zero attached hydrogens (tertiary/aromatic N) is 1. The number of hydrogen-bond acceptors (Lipinski definition) is 7. The Labute approximate surface area is 296 Å². The van der Waals surface area contributed by atoms with Gasteiger partial charge in [-0.15, -0.1) is 6.58 Å². The average molecular weight is 723 g/mol. The summed E-state index contributed by atoms with van der Waals surface area (Å²) >= 11 is 6.15. The quantitative estimate of drug-likeness (QED) is 0.216. The van der Waals surface area contributed by atoms with Crippen LogP contribution in [-0.4, -0.2) is 53.9 Å². The van der Waals surface area contributed by atoms with Crippen molar-refractivity contribution in [2.45, 2.75) is 75.9 Å². The Bertz CT molecular complexity index is 1950. The molecule has 0 spiro atoms. The van der Waals surface area contributed by atoms with Crippen LogP contribution in [0.4, 0.5) is 10.1 Å². The van der Waals surface area contributed by atoms with Gasteiger partial charge in [0.25, 0.3) is 5.91 Å². The molecular weight excluding hydrogens is 683 g/mol. The van der Waals surface area contributed by atoms with Crippen LogP contribution in [0.15, 0.2) is 79.4 Å². The molecule has 2 aliphatic carbocycles. The van der Waals surface area contributed by atoms with Gasteiger partial charge in [-0.05, 0) is 90.4 Å². The van der Waals surface area contributed by atoms with Gasteiger partial charge in [-0.3, -0.25) is 19.1 Å². The molecule has 6 rings (SSSR count). The van der Waals surface area contributed by atoms with Crippen LogP contribution < -0.4 is 20.1 Å². The molecule has 4 atom stereocenters. The SMILES string of the molecule is C=C[C@@H]1C[C@]1(NC(=O)[C@@H]1Cc2ccc(Oc3cccc(Cl)c3)cc2CN1C(=O)[C@@H](Nc1ccc(F)cc1)C(C)(C)C)C(=O)NS(=O)(=O)C1CC1.